The number of ether oxygens (including phenoxy) is 1. The molecule has 2 heteroatoms. The van der Waals surface area contributed by atoms with Crippen molar-refractivity contribution in [3.63, 3.8) is 0 Å². The maximum Gasteiger partial charge on any atom is 0.309 e. The molecule has 0 aromatic rings. The lowest BCUT2D eigenvalue weighted by atomic mass is 10.2. The average molecular weight is 140 g/mol. The highest BCUT2D eigenvalue weighted by atomic mass is 16.5. The standard InChI is InChI=1S/C8H12O2/c1-5(2)6-4-7(6)8(9)10-3/h6-7H,1,4H2,2-3H3/t6-,7-/m1/s1. The summed E-state index contributed by atoms with van der Waals surface area (Å²) in [6.07, 6.45) is 0.933. The fourth-order valence-corrected chi connectivity index (χ4v) is 1.15. The van der Waals surface area contributed by atoms with Crippen LogP contribution in [0.4, 0.5) is 0 Å². The van der Waals surface area contributed by atoms with E-state index in [0.717, 1.165) is 12.0 Å². The number of rotatable bonds is 2. The highest BCUT2D eigenvalue weighted by molar-refractivity contribution is 5.76. The van der Waals surface area contributed by atoms with Gasteiger partial charge >= 0.3 is 5.97 Å². The average Bonchev–Trinajstić information content (AvgIpc) is 2.64. The van der Waals surface area contributed by atoms with Gasteiger partial charge in [0.2, 0.25) is 0 Å². The van der Waals surface area contributed by atoms with Gasteiger partial charge in [-0.25, -0.2) is 0 Å². The van der Waals surface area contributed by atoms with Crippen molar-refractivity contribution in [3.05, 3.63) is 12.2 Å². The second-order valence-electron chi connectivity index (χ2n) is 2.82. The SMILES string of the molecule is C=C(C)[C@H]1C[C@H]1C(=O)OC. The van der Waals surface area contributed by atoms with Crippen LogP contribution in [0.1, 0.15) is 13.3 Å². The Bertz CT molecular complexity index is 172. The first-order valence-electron chi connectivity index (χ1n) is 3.40. The fourth-order valence-electron chi connectivity index (χ4n) is 1.15. The highest BCUT2D eigenvalue weighted by Gasteiger charge is 2.44. The van der Waals surface area contributed by atoms with Crippen LogP contribution < -0.4 is 0 Å². The van der Waals surface area contributed by atoms with Crippen LogP contribution >= 0.6 is 0 Å². The summed E-state index contributed by atoms with van der Waals surface area (Å²) in [5.41, 5.74) is 1.09. The second kappa shape index (κ2) is 2.45. The van der Waals surface area contributed by atoms with Crippen LogP contribution in [-0.4, -0.2) is 13.1 Å². The Kier molecular flexibility index (Phi) is 1.79. The van der Waals surface area contributed by atoms with Crippen LogP contribution in [0.2, 0.25) is 0 Å². The number of hydrogen-bond acceptors (Lipinski definition) is 2. The van der Waals surface area contributed by atoms with Crippen molar-refractivity contribution in [2.45, 2.75) is 13.3 Å². The predicted octanol–water partition coefficient (Wildman–Crippen LogP) is 1.37. The van der Waals surface area contributed by atoms with E-state index in [1.807, 2.05) is 6.92 Å². The third-order valence-electron chi connectivity index (χ3n) is 1.93. The summed E-state index contributed by atoms with van der Waals surface area (Å²) < 4.78 is 4.57. The van der Waals surface area contributed by atoms with Gasteiger partial charge in [-0.15, -0.1) is 0 Å². The Morgan fingerprint density at radius 3 is 2.50 bits per heavy atom. The Morgan fingerprint density at radius 1 is 1.60 bits per heavy atom. The lowest BCUT2D eigenvalue weighted by Gasteiger charge is -1.95. The van der Waals surface area contributed by atoms with Gasteiger partial charge in [-0.3, -0.25) is 4.79 Å². The van der Waals surface area contributed by atoms with E-state index < -0.39 is 0 Å². The van der Waals surface area contributed by atoms with Crippen LogP contribution in [0.3, 0.4) is 0 Å². The molecule has 1 aliphatic rings. The molecule has 0 amide bonds. The predicted molar refractivity (Wildman–Crippen MR) is 38.4 cm³/mol. The minimum atomic E-state index is -0.0898. The smallest absolute Gasteiger partial charge is 0.309 e. The Balaban J connectivity index is 2.38. The maximum absolute atomic E-state index is 10.8. The number of esters is 1. The van der Waals surface area contributed by atoms with Gasteiger partial charge in [-0.1, -0.05) is 12.2 Å². The van der Waals surface area contributed by atoms with Crippen LogP contribution in [-0.2, 0) is 9.53 Å². The first-order valence-corrected chi connectivity index (χ1v) is 3.40. The molecule has 2 atom stereocenters. The van der Waals surface area contributed by atoms with Crippen molar-refractivity contribution in [2.75, 3.05) is 7.11 Å². The molecule has 10 heavy (non-hydrogen) atoms. The van der Waals surface area contributed by atoms with Crippen LogP contribution in [0.5, 0.6) is 0 Å². The van der Waals surface area contributed by atoms with Gasteiger partial charge in [0, 0.05) is 0 Å². The van der Waals surface area contributed by atoms with Gasteiger partial charge in [0.05, 0.1) is 13.0 Å². The zero-order valence-corrected chi connectivity index (χ0v) is 6.39. The first-order chi connectivity index (χ1) is 4.66. The number of hydrogen-bond donors (Lipinski definition) is 0. The van der Waals surface area contributed by atoms with Crippen molar-refractivity contribution >= 4 is 5.97 Å². The number of carbonyl (C=O) groups is 1. The molecule has 0 saturated heterocycles. The molecule has 0 spiro atoms. The topological polar surface area (TPSA) is 26.3 Å². The quantitative estimate of drug-likeness (QED) is 0.427. The number of allylic oxidation sites excluding steroid dienone is 1. The van der Waals surface area contributed by atoms with Crippen molar-refractivity contribution in [1.82, 2.24) is 0 Å². The molecule has 0 N–H and O–H groups in total. The van der Waals surface area contributed by atoms with E-state index in [4.69, 9.17) is 0 Å². The second-order valence-corrected chi connectivity index (χ2v) is 2.82. The molecule has 0 heterocycles. The summed E-state index contributed by atoms with van der Waals surface area (Å²) in [5, 5.41) is 0. The van der Waals surface area contributed by atoms with E-state index in [9.17, 15) is 4.79 Å². The highest BCUT2D eigenvalue weighted by Crippen LogP contribution is 2.43. The number of carbonyl (C=O) groups excluding carboxylic acids is 1. The van der Waals surface area contributed by atoms with E-state index >= 15 is 0 Å². The van der Waals surface area contributed by atoms with Gasteiger partial charge < -0.3 is 4.74 Å². The number of methoxy groups -OCH3 is 1. The molecular formula is C8H12O2. The van der Waals surface area contributed by atoms with Gasteiger partial charge in [0.25, 0.3) is 0 Å². The zero-order chi connectivity index (χ0) is 7.72. The van der Waals surface area contributed by atoms with E-state index in [2.05, 4.69) is 11.3 Å². The third-order valence-corrected chi connectivity index (χ3v) is 1.93. The summed E-state index contributed by atoms with van der Waals surface area (Å²) in [5.74, 6) is 0.419. The molecule has 0 aliphatic heterocycles. The summed E-state index contributed by atoms with van der Waals surface area (Å²) in [6.45, 7) is 5.73. The molecule has 1 fully saturated rings. The van der Waals surface area contributed by atoms with Crippen molar-refractivity contribution in [2.24, 2.45) is 11.8 Å². The van der Waals surface area contributed by atoms with Crippen LogP contribution in [0, 0.1) is 11.8 Å². The van der Waals surface area contributed by atoms with E-state index in [1.54, 1.807) is 0 Å². The van der Waals surface area contributed by atoms with E-state index in [-0.39, 0.29) is 11.9 Å². The van der Waals surface area contributed by atoms with Gasteiger partial charge in [-0.2, -0.15) is 0 Å². The Hall–Kier alpha value is -0.790. The molecule has 56 valence electrons. The molecule has 0 aromatic carbocycles. The lowest BCUT2D eigenvalue weighted by molar-refractivity contribution is -0.142. The summed E-state index contributed by atoms with van der Waals surface area (Å²) in [4.78, 5) is 10.8. The van der Waals surface area contributed by atoms with Gasteiger partial charge in [0.1, 0.15) is 0 Å². The van der Waals surface area contributed by atoms with E-state index in [0.29, 0.717) is 5.92 Å². The lowest BCUT2D eigenvalue weighted by Crippen LogP contribution is -2.04. The van der Waals surface area contributed by atoms with Crippen molar-refractivity contribution < 1.29 is 9.53 Å². The first kappa shape index (κ1) is 7.32. The molecule has 0 bridgehead atoms. The molecule has 1 aliphatic carbocycles. The fraction of sp³-hybridized carbons (Fsp3) is 0.625. The maximum atomic E-state index is 10.8. The van der Waals surface area contributed by atoms with Crippen molar-refractivity contribution in [1.29, 1.82) is 0 Å². The largest absolute Gasteiger partial charge is 0.469 e. The minimum absolute atomic E-state index is 0.0898. The molecule has 1 saturated carbocycles. The summed E-state index contributed by atoms with van der Waals surface area (Å²) >= 11 is 0. The minimum Gasteiger partial charge on any atom is -0.469 e. The van der Waals surface area contributed by atoms with Gasteiger partial charge in [0.15, 0.2) is 0 Å². The molecular weight excluding hydrogens is 128 g/mol. The monoisotopic (exact) mass is 140 g/mol. The summed E-state index contributed by atoms with van der Waals surface area (Å²) in [7, 11) is 1.43. The molecule has 0 unspecified atom stereocenters. The zero-order valence-electron chi connectivity index (χ0n) is 6.39. The Labute approximate surface area is 60.9 Å². The Morgan fingerprint density at radius 2 is 2.20 bits per heavy atom. The molecule has 1 rings (SSSR count). The third kappa shape index (κ3) is 1.20. The normalized spacial score (nSPS) is 29.4. The van der Waals surface area contributed by atoms with Crippen LogP contribution in [0.15, 0.2) is 12.2 Å². The molecule has 0 aromatic heterocycles. The van der Waals surface area contributed by atoms with Crippen LogP contribution in [0.25, 0.3) is 0 Å². The molecule has 0 radical (unpaired) electrons. The molecule has 2 nitrogen and oxygen atoms in total. The van der Waals surface area contributed by atoms with E-state index in [1.165, 1.54) is 7.11 Å². The summed E-state index contributed by atoms with van der Waals surface area (Å²) in [6, 6.07) is 0. The van der Waals surface area contributed by atoms with Gasteiger partial charge in [-0.05, 0) is 19.3 Å². The van der Waals surface area contributed by atoms with Crippen molar-refractivity contribution in [3.8, 4) is 0 Å².